The molecular weight excluding hydrogens is 557 g/mol. The van der Waals surface area contributed by atoms with E-state index in [2.05, 4.69) is 5.32 Å². The van der Waals surface area contributed by atoms with Crippen LogP contribution in [0.3, 0.4) is 0 Å². The molecule has 0 aliphatic heterocycles. The number of sulfonamides is 1. The van der Waals surface area contributed by atoms with Crippen molar-refractivity contribution in [2.24, 2.45) is 0 Å². The standard InChI is InChI=1S/C29H33Cl2N3O4S/c1-19(2)32-29(36)22(5)33(17-23-10-15-26(30)27(31)16-23)28(35)18-34(24-11-6-20(3)7-12-24)39(37,38)25-13-8-21(4)9-14-25/h6-16,19,22H,17-18H2,1-5H3,(H,32,36)/t22-/m0/s1. The first-order valence-corrected chi connectivity index (χ1v) is 14.7. The van der Waals surface area contributed by atoms with E-state index in [1.54, 1.807) is 61.5 Å². The SMILES string of the molecule is Cc1ccc(N(CC(=O)N(Cc2ccc(Cl)c(Cl)c2)[C@@H](C)C(=O)NC(C)C)S(=O)(=O)c2ccc(C)cc2)cc1. The lowest BCUT2D eigenvalue weighted by atomic mass is 10.1. The highest BCUT2D eigenvalue weighted by Crippen LogP contribution is 2.27. The topological polar surface area (TPSA) is 86.8 Å². The third kappa shape index (κ3) is 7.75. The summed E-state index contributed by atoms with van der Waals surface area (Å²) in [4.78, 5) is 28.3. The van der Waals surface area contributed by atoms with Crippen LogP contribution in [0.4, 0.5) is 5.69 Å². The first-order valence-electron chi connectivity index (χ1n) is 12.5. The first kappa shape index (κ1) is 30.5. The van der Waals surface area contributed by atoms with Gasteiger partial charge in [0.25, 0.3) is 10.0 Å². The molecule has 0 spiro atoms. The summed E-state index contributed by atoms with van der Waals surface area (Å²) in [5.74, 6) is -0.912. The van der Waals surface area contributed by atoms with E-state index in [0.717, 1.165) is 15.4 Å². The number of hydrogen-bond donors (Lipinski definition) is 1. The molecule has 0 radical (unpaired) electrons. The van der Waals surface area contributed by atoms with Crippen molar-refractivity contribution in [1.82, 2.24) is 10.2 Å². The lowest BCUT2D eigenvalue weighted by molar-refractivity contribution is -0.139. The average molecular weight is 591 g/mol. The van der Waals surface area contributed by atoms with Gasteiger partial charge in [0.15, 0.2) is 0 Å². The molecule has 3 aromatic carbocycles. The Balaban J connectivity index is 2.04. The monoisotopic (exact) mass is 589 g/mol. The summed E-state index contributed by atoms with van der Waals surface area (Å²) in [6, 6.07) is 17.2. The van der Waals surface area contributed by atoms with Gasteiger partial charge in [-0.15, -0.1) is 0 Å². The highest BCUT2D eigenvalue weighted by atomic mass is 35.5. The van der Waals surface area contributed by atoms with E-state index in [1.165, 1.54) is 17.0 Å². The van der Waals surface area contributed by atoms with E-state index in [0.29, 0.717) is 21.3 Å². The van der Waals surface area contributed by atoms with Gasteiger partial charge in [-0.2, -0.15) is 0 Å². The van der Waals surface area contributed by atoms with Crippen molar-refractivity contribution in [3.05, 3.63) is 93.5 Å². The van der Waals surface area contributed by atoms with Gasteiger partial charge in [-0.3, -0.25) is 13.9 Å². The van der Waals surface area contributed by atoms with Gasteiger partial charge in [0, 0.05) is 12.6 Å². The van der Waals surface area contributed by atoms with Crippen LogP contribution in [0.5, 0.6) is 0 Å². The fourth-order valence-electron chi connectivity index (χ4n) is 3.90. The molecule has 0 heterocycles. The predicted molar refractivity (Wildman–Crippen MR) is 157 cm³/mol. The maximum absolute atomic E-state index is 13.9. The number of hydrogen-bond acceptors (Lipinski definition) is 4. The van der Waals surface area contributed by atoms with E-state index in [9.17, 15) is 18.0 Å². The van der Waals surface area contributed by atoms with Crippen LogP contribution < -0.4 is 9.62 Å². The molecule has 208 valence electrons. The van der Waals surface area contributed by atoms with Gasteiger partial charge in [-0.25, -0.2) is 8.42 Å². The highest BCUT2D eigenvalue weighted by Gasteiger charge is 2.32. The zero-order valence-corrected chi connectivity index (χ0v) is 24.9. The number of carbonyl (C=O) groups excluding carboxylic acids is 2. The second-order valence-electron chi connectivity index (χ2n) is 9.77. The van der Waals surface area contributed by atoms with Crippen LogP contribution in [0.1, 0.15) is 37.5 Å². The van der Waals surface area contributed by atoms with E-state index >= 15 is 0 Å². The number of carbonyl (C=O) groups is 2. The van der Waals surface area contributed by atoms with Crippen LogP contribution in [0.15, 0.2) is 71.6 Å². The van der Waals surface area contributed by atoms with Crippen molar-refractivity contribution in [3.8, 4) is 0 Å². The van der Waals surface area contributed by atoms with Gasteiger partial charge in [0.05, 0.1) is 20.6 Å². The number of amides is 2. The van der Waals surface area contributed by atoms with Gasteiger partial charge < -0.3 is 10.2 Å². The molecule has 0 saturated carbocycles. The fraction of sp³-hybridized carbons (Fsp3) is 0.310. The number of anilines is 1. The van der Waals surface area contributed by atoms with Crippen LogP contribution >= 0.6 is 23.2 Å². The summed E-state index contributed by atoms with van der Waals surface area (Å²) >= 11 is 12.3. The smallest absolute Gasteiger partial charge is 0.264 e. The molecule has 2 amide bonds. The molecule has 0 saturated heterocycles. The van der Waals surface area contributed by atoms with Gasteiger partial charge in [0.1, 0.15) is 12.6 Å². The maximum atomic E-state index is 13.9. The Morgan fingerprint density at radius 3 is 1.95 bits per heavy atom. The van der Waals surface area contributed by atoms with Crippen molar-refractivity contribution in [2.45, 2.75) is 58.1 Å². The number of rotatable bonds is 10. The van der Waals surface area contributed by atoms with Crippen molar-refractivity contribution >= 4 is 50.7 Å². The number of aryl methyl sites for hydroxylation is 2. The summed E-state index contributed by atoms with van der Waals surface area (Å²) < 4.78 is 28.7. The number of halogens is 2. The largest absolute Gasteiger partial charge is 0.352 e. The molecule has 0 bridgehead atoms. The highest BCUT2D eigenvalue weighted by molar-refractivity contribution is 7.92. The number of nitrogens with zero attached hydrogens (tertiary/aromatic N) is 2. The Kier molecular flexibility index (Phi) is 10.0. The summed E-state index contributed by atoms with van der Waals surface area (Å²) in [5.41, 5.74) is 2.83. The molecular formula is C29H33Cl2N3O4S. The Hall–Kier alpha value is -3.07. The molecule has 3 aromatic rings. The molecule has 7 nitrogen and oxygen atoms in total. The van der Waals surface area contributed by atoms with Crippen molar-refractivity contribution in [2.75, 3.05) is 10.8 Å². The summed E-state index contributed by atoms with van der Waals surface area (Å²) in [7, 11) is -4.12. The minimum Gasteiger partial charge on any atom is -0.352 e. The van der Waals surface area contributed by atoms with E-state index in [-0.39, 0.29) is 23.4 Å². The Labute approximate surface area is 240 Å². The summed E-state index contributed by atoms with van der Waals surface area (Å²) in [6.45, 7) is 8.52. The average Bonchev–Trinajstić information content (AvgIpc) is 2.87. The fourth-order valence-corrected chi connectivity index (χ4v) is 5.63. The van der Waals surface area contributed by atoms with Crippen molar-refractivity contribution < 1.29 is 18.0 Å². The molecule has 10 heteroatoms. The van der Waals surface area contributed by atoms with Crippen LogP contribution in [-0.4, -0.2) is 43.8 Å². The van der Waals surface area contributed by atoms with E-state index in [4.69, 9.17) is 23.2 Å². The Bertz CT molecular complexity index is 1430. The molecule has 1 atom stereocenters. The van der Waals surface area contributed by atoms with Crippen LogP contribution in [-0.2, 0) is 26.2 Å². The lowest BCUT2D eigenvalue weighted by Gasteiger charge is -2.32. The Morgan fingerprint density at radius 1 is 0.846 bits per heavy atom. The molecule has 1 N–H and O–H groups in total. The minimum atomic E-state index is -4.12. The zero-order valence-electron chi connectivity index (χ0n) is 22.6. The first-order chi connectivity index (χ1) is 18.3. The van der Waals surface area contributed by atoms with Gasteiger partial charge in [0.2, 0.25) is 11.8 Å². The summed E-state index contributed by atoms with van der Waals surface area (Å²) in [5, 5.41) is 3.49. The quantitative estimate of drug-likeness (QED) is 0.326. The van der Waals surface area contributed by atoms with Gasteiger partial charge >= 0.3 is 0 Å². The van der Waals surface area contributed by atoms with E-state index < -0.39 is 28.5 Å². The molecule has 0 aliphatic carbocycles. The molecule has 39 heavy (non-hydrogen) atoms. The second kappa shape index (κ2) is 12.9. The van der Waals surface area contributed by atoms with Crippen molar-refractivity contribution in [3.63, 3.8) is 0 Å². The van der Waals surface area contributed by atoms with Crippen LogP contribution in [0, 0.1) is 13.8 Å². The van der Waals surface area contributed by atoms with Crippen LogP contribution in [0.25, 0.3) is 0 Å². The molecule has 0 unspecified atom stereocenters. The van der Waals surface area contributed by atoms with Gasteiger partial charge in [-0.1, -0.05) is 64.7 Å². The zero-order chi connectivity index (χ0) is 28.9. The molecule has 0 fully saturated rings. The number of benzene rings is 3. The lowest BCUT2D eigenvalue weighted by Crippen LogP contribution is -2.52. The third-order valence-electron chi connectivity index (χ3n) is 6.14. The predicted octanol–water partition coefficient (Wildman–Crippen LogP) is 5.75. The number of nitrogens with one attached hydrogen (secondary N) is 1. The Morgan fingerprint density at radius 2 is 1.41 bits per heavy atom. The summed E-state index contributed by atoms with van der Waals surface area (Å²) in [6.07, 6.45) is 0. The third-order valence-corrected chi connectivity index (χ3v) is 8.67. The minimum absolute atomic E-state index is 0.0225. The van der Waals surface area contributed by atoms with Crippen LogP contribution in [0.2, 0.25) is 10.0 Å². The van der Waals surface area contributed by atoms with E-state index in [1.807, 2.05) is 27.7 Å². The van der Waals surface area contributed by atoms with Crippen molar-refractivity contribution in [1.29, 1.82) is 0 Å². The van der Waals surface area contributed by atoms with Gasteiger partial charge in [-0.05, 0) is 76.6 Å². The molecule has 3 rings (SSSR count). The normalized spacial score (nSPS) is 12.2. The molecule has 0 aromatic heterocycles. The maximum Gasteiger partial charge on any atom is 0.264 e. The second-order valence-corrected chi connectivity index (χ2v) is 12.4. The molecule has 0 aliphatic rings.